The second kappa shape index (κ2) is 6.13. The number of pyridine rings is 2. The Labute approximate surface area is 157 Å². The zero-order chi connectivity index (χ0) is 19.2. The number of nitrogens with zero attached hydrogens (tertiary/aromatic N) is 2. The summed E-state index contributed by atoms with van der Waals surface area (Å²) >= 11 is 6.04. The number of hydrogen-bond acceptors (Lipinski definition) is 3. The van der Waals surface area contributed by atoms with Gasteiger partial charge < -0.3 is 5.21 Å². The second-order valence-electron chi connectivity index (χ2n) is 6.31. The van der Waals surface area contributed by atoms with E-state index in [9.17, 15) is 18.4 Å². The Kier molecular flexibility index (Phi) is 3.99. The lowest BCUT2D eigenvalue weighted by Gasteiger charge is -2.40. The molecule has 8 heteroatoms. The maximum atomic E-state index is 14.7. The first-order valence-electron chi connectivity index (χ1n) is 8.09. The lowest BCUT2D eigenvalue weighted by molar-refractivity contribution is -0.590. The van der Waals surface area contributed by atoms with Gasteiger partial charge in [-0.2, -0.15) is 13.2 Å². The van der Waals surface area contributed by atoms with E-state index in [1.807, 2.05) is 0 Å². The van der Waals surface area contributed by atoms with E-state index in [4.69, 9.17) is 11.6 Å². The Morgan fingerprint density at radius 1 is 1.11 bits per heavy atom. The normalized spacial score (nSPS) is 18.4. The van der Waals surface area contributed by atoms with Crippen LogP contribution in [-0.2, 0) is 11.8 Å². The molecule has 1 aliphatic heterocycles. The number of alkyl halides is 3. The zero-order valence-corrected chi connectivity index (χ0v) is 14.6. The summed E-state index contributed by atoms with van der Waals surface area (Å²) in [5.41, 5.74) is -2.21. The number of hydrogen-bond donors (Lipinski definition) is 1. The number of benzene rings is 1. The molecule has 2 aromatic heterocycles. The summed E-state index contributed by atoms with van der Waals surface area (Å²) in [7, 11) is 0. The zero-order valence-electron chi connectivity index (χ0n) is 13.8. The van der Waals surface area contributed by atoms with E-state index < -0.39 is 18.0 Å². The van der Waals surface area contributed by atoms with Crippen LogP contribution in [0.25, 0.3) is 0 Å². The Morgan fingerprint density at radius 3 is 2.63 bits per heavy atom. The first-order valence-corrected chi connectivity index (χ1v) is 8.47. The highest BCUT2D eigenvalue weighted by Crippen LogP contribution is 2.55. The molecule has 0 spiro atoms. The molecule has 0 bridgehead atoms. The number of fused-ring (bicyclic) bond motifs is 2. The fraction of sp³-hybridized carbons (Fsp3) is 0.158. The second-order valence-corrected chi connectivity index (χ2v) is 6.75. The molecule has 3 aromatic rings. The topological polar surface area (TPSA) is 51.9 Å². The first-order chi connectivity index (χ1) is 12.8. The van der Waals surface area contributed by atoms with Crippen molar-refractivity contribution in [1.82, 2.24) is 4.98 Å². The molecular weight excluding hydrogens is 379 g/mol. The van der Waals surface area contributed by atoms with Crippen molar-refractivity contribution < 1.29 is 17.9 Å². The third kappa shape index (κ3) is 2.70. The molecular formula is C19H13ClF3N3O. The number of anilines is 2. The predicted molar refractivity (Wildman–Crippen MR) is 94.9 cm³/mol. The van der Waals surface area contributed by atoms with Crippen LogP contribution >= 0.6 is 11.6 Å². The van der Waals surface area contributed by atoms with E-state index in [2.05, 4.69) is 10.3 Å². The number of rotatable bonds is 2. The van der Waals surface area contributed by atoms with Crippen LogP contribution in [0.5, 0.6) is 0 Å². The summed E-state index contributed by atoms with van der Waals surface area (Å²) < 4.78 is 44.5. The van der Waals surface area contributed by atoms with Gasteiger partial charge in [0.15, 0.2) is 0 Å². The molecule has 3 heterocycles. The molecule has 0 radical (unpaired) electrons. The number of nitrogens with one attached hydrogen (secondary N) is 1. The monoisotopic (exact) mass is 391 g/mol. The highest BCUT2D eigenvalue weighted by molar-refractivity contribution is 6.30. The van der Waals surface area contributed by atoms with Crippen LogP contribution in [-0.4, -0.2) is 11.2 Å². The van der Waals surface area contributed by atoms with Crippen LogP contribution < -0.4 is 10.0 Å². The van der Waals surface area contributed by atoms with Gasteiger partial charge in [-0.05, 0) is 42.5 Å². The van der Waals surface area contributed by atoms with E-state index in [-0.39, 0.29) is 33.3 Å². The van der Waals surface area contributed by atoms with Crippen molar-refractivity contribution in [3.8, 4) is 0 Å². The van der Waals surface area contributed by atoms with Crippen LogP contribution in [0, 0.1) is 5.21 Å². The van der Waals surface area contributed by atoms with Crippen molar-refractivity contribution in [1.29, 1.82) is 0 Å². The van der Waals surface area contributed by atoms with Crippen molar-refractivity contribution >= 4 is 23.1 Å². The molecule has 1 aromatic carbocycles. The van der Waals surface area contributed by atoms with Gasteiger partial charge in [0, 0.05) is 28.9 Å². The Balaban J connectivity index is 2.08. The third-order valence-corrected chi connectivity index (χ3v) is 5.01. The summed E-state index contributed by atoms with van der Waals surface area (Å²) in [5, 5.41) is 15.3. The largest absolute Gasteiger partial charge is 0.711 e. The molecule has 0 saturated heterocycles. The van der Waals surface area contributed by atoms with E-state index in [0.717, 1.165) is 6.20 Å². The van der Waals surface area contributed by atoms with Crippen molar-refractivity contribution in [2.75, 3.05) is 5.32 Å². The summed E-state index contributed by atoms with van der Waals surface area (Å²) in [5.74, 6) is -0.152. The molecule has 0 aliphatic carbocycles. The molecule has 1 N–H and O–H groups in total. The molecule has 0 amide bonds. The maximum absolute atomic E-state index is 14.7. The quantitative estimate of drug-likeness (QED) is 0.516. The van der Waals surface area contributed by atoms with Gasteiger partial charge in [-0.3, -0.25) is 4.98 Å². The highest BCUT2D eigenvalue weighted by atomic mass is 35.5. The van der Waals surface area contributed by atoms with Gasteiger partial charge in [0.1, 0.15) is 11.1 Å². The fourth-order valence-corrected chi connectivity index (χ4v) is 3.75. The van der Waals surface area contributed by atoms with Gasteiger partial charge in [0.25, 0.3) is 5.82 Å². The van der Waals surface area contributed by atoms with Gasteiger partial charge in [-0.1, -0.05) is 17.7 Å². The van der Waals surface area contributed by atoms with E-state index in [0.29, 0.717) is 4.73 Å². The standard InChI is InChI=1S/C19H13ClF3N3O/c20-12-6-7-16-15(10-12)18(19(21,22)23,11-13-4-1-2-8-24-13)14-5-3-9-26(27)17(14)25-16/h1-10,25H,11H2. The summed E-state index contributed by atoms with van der Waals surface area (Å²) in [6.07, 6.45) is -2.55. The van der Waals surface area contributed by atoms with E-state index in [1.165, 1.54) is 42.6 Å². The van der Waals surface area contributed by atoms with Crippen LogP contribution in [0.2, 0.25) is 5.02 Å². The highest BCUT2D eigenvalue weighted by Gasteiger charge is 2.62. The average Bonchev–Trinajstić information content (AvgIpc) is 2.62. The van der Waals surface area contributed by atoms with E-state index in [1.54, 1.807) is 12.1 Å². The van der Waals surface area contributed by atoms with Crippen LogP contribution in [0.1, 0.15) is 16.8 Å². The van der Waals surface area contributed by atoms with Crippen LogP contribution in [0.3, 0.4) is 0 Å². The molecule has 138 valence electrons. The van der Waals surface area contributed by atoms with Gasteiger partial charge >= 0.3 is 6.18 Å². The molecule has 0 fully saturated rings. The van der Waals surface area contributed by atoms with Crippen molar-refractivity contribution in [3.63, 3.8) is 0 Å². The molecule has 1 aliphatic rings. The number of halogens is 4. The average molecular weight is 392 g/mol. The lowest BCUT2D eigenvalue weighted by atomic mass is 9.68. The summed E-state index contributed by atoms with van der Waals surface area (Å²) in [6.45, 7) is 0. The van der Waals surface area contributed by atoms with Gasteiger partial charge in [0.2, 0.25) is 0 Å². The van der Waals surface area contributed by atoms with Gasteiger partial charge in [0.05, 0.1) is 11.8 Å². The molecule has 1 unspecified atom stereocenters. The summed E-state index contributed by atoms with van der Waals surface area (Å²) in [4.78, 5) is 4.08. The van der Waals surface area contributed by atoms with Crippen molar-refractivity contribution in [3.05, 3.63) is 88.0 Å². The molecule has 1 atom stereocenters. The summed E-state index contributed by atoms with van der Waals surface area (Å²) in [6, 6.07) is 11.7. The minimum absolute atomic E-state index is 0.0353. The Morgan fingerprint density at radius 2 is 1.93 bits per heavy atom. The molecule has 27 heavy (non-hydrogen) atoms. The Bertz CT molecular complexity index is 1010. The maximum Gasteiger partial charge on any atom is 0.403 e. The Hall–Kier alpha value is -2.80. The lowest BCUT2D eigenvalue weighted by Crippen LogP contribution is -2.50. The number of aromatic nitrogens is 2. The van der Waals surface area contributed by atoms with Crippen molar-refractivity contribution in [2.45, 2.75) is 18.0 Å². The molecule has 0 saturated carbocycles. The minimum Gasteiger partial charge on any atom is -0.711 e. The molecule has 4 nitrogen and oxygen atoms in total. The van der Waals surface area contributed by atoms with Crippen LogP contribution in [0.4, 0.5) is 24.7 Å². The fourth-order valence-electron chi connectivity index (χ4n) is 3.58. The van der Waals surface area contributed by atoms with E-state index >= 15 is 0 Å². The van der Waals surface area contributed by atoms with Gasteiger partial charge in [-0.25, -0.2) is 10.0 Å². The molecule has 4 rings (SSSR count). The smallest absolute Gasteiger partial charge is 0.403 e. The SMILES string of the molecule is [O-][n+]1cccc2c1Nc1ccc(Cl)cc1C2(Cc1ccccn1)C(F)(F)F. The van der Waals surface area contributed by atoms with Crippen LogP contribution in [0.15, 0.2) is 60.9 Å². The van der Waals surface area contributed by atoms with Crippen molar-refractivity contribution in [2.24, 2.45) is 0 Å². The first kappa shape index (κ1) is 17.6. The minimum atomic E-state index is -4.70. The van der Waals surface area contributed by atoms with Gasteiger partial charge in [-0.15, -0.1) is 0 Å². The predicted octanol–water partition coefficient (Wildman–Crippen LogP) is 4.52. The third-order valence-electron chi connectivity index (χ3n) is 4.77.